The Morgan fingerprint density at radius 1 is 1.19 bits per heavy atom. The number of hydrogen-bond acceptors (Lipinski definition) is 5. The number of hydrogen-bond donors (Lipinski definition) is 1. The molecular formula is C17H22N2O6S. The van der Waals surface area contributed by atoms with Crippen LogP contribution in [0.15, 0.2) is 29.2 Å². The molecule has 2 aliphatic rings. The summed E-state index contributed by atoms with van der Waals surface area (Å²) >= 11 is 0. The lowest BCUT2D eigenvalue weighted by Gasteiger charge is -2.26. The summed E-state index contributed by atoms with van der Waals surface area (Å²) in [7, 11) is -3.69. The van der Waals surface area contributed by atoms with Gasteiger partial charge in [0, 0.05) is 31.7 Å². The number of ether oxygens (including phenoxy) is 1. The molecule has 26 heavy (non-hydrogen) atoms. The first-order valence-corrected chi connectivity index (χ1v) is 9.95. The van der Waals surface area contributed by atoms with Crippen molar-refractivity contribution >= 4 is 21.9 Å². The highest BCUT2D eigenvalue weighted by molar-refractivity contribution is 7.89. The molecular weight excluding hydrogens is 360 g/mol. The summed E-state index contributed by atoms with van der Waals surface area (Å²) in [6.45, 7) is 3.53. The summed E-state index contributed by atoms with van der Waals surface area (Å²) < 4.78 is 32.0. The van der Waals surface area contributed by atoms with Crippen LogP contribution in [-0.2, 0) is 19.6 Å². The average molecular weight is 382 g/mol. The van der Waals surface area contributed by atoms with Crippen molar-refractivity contribution in [2.45, 2.75) is 11.8 Å². The largest absolute Gasteiger partial charge is 0.481 e. The van der Waals surface area contributed by atoms with Gasteiger partial charge in [-0.3, -0.25) is 9.59 Å². The quantitative estimate of drug-likeness (QED) is 0.813. The molecule has 0 saturated carbocycles. The van der Waals surface area contributed by atoms with E-state index in [9.17, 15) is 23.1 Å². The first-order chi connectivity index (χ1) is 12.3. The third-order valence-electron chi connectivity index (χ3n) is 4.91. The molecule has 0 unspecified atom stereocenters. The second kappa shape index (κ2) is 7.34. The normalized spacial score (nSPS) is 24.6. The Morgan fingerprint density at radius 2 is 1.88 bits per heavy atom. The summed E-state index contributed by atoms with van der Waals surface area (Å²) in [5.74, 6) is -2.01. The smallest absolute Gasteiger partial charge is 0.308 e. The monoisotopic (exact) mass is 382 g/mol. The van der Waals surface area contributed by atoms with Gasteiger partial charge >= 0.3 is 5.97 Å². The molecule has 2 heterocycles. The Hall–Kier alpha value is -1.97. The van der Waals surface area contributed by atoms with Crippen LogP contribution in [0.3, 0.4) is 0 Å². The van der Waals surface area contributed by atoms with E-state index in [4.69, 9.17) is 4.74 Å². The predicted octanol–water partition coefficient (Wildman–Crippen LogP) is 0.500. The molecule has 0 aliphatic carbocycles. The molecule has 2 saturated heterocycles. The molecule has 1 aromatic rings. The average Bonchev–Trinajstić information content (AvgIpc) is 3.04. The van der Waals surface area contributed by atoms with Crippen molar-refractivity contribution in [3.8, 4) is 0 Å². The van der Waals surface area contributed by atoms with Gasteiger partial charge in [-0.15, -0.1) is 0 Å². The van der Waals surface area contributed by atoms with Crippen LogP contribution in [0.25, 0.3) is 0 Å². The predicted molar refractivity (Wildman–Crippen MR) is 92.2 cm³/mol. The van der Waals surface area contributed by atoms with E-state index in [-0.39, 0.29) is 41.9 Å². The number of carbonyl (C=O) groups is 2. The van der Waals surface area contributed by atoms with Crippen molar-refractivity contribution in [2.75, 3.05) is 39.4 Å². The molecule has 2 fully saturated rings. The number of carboxylic acid groups (broad SMARTS) is 1. The molecule has 1 aromatic carbocycles. The van der Waals surface area contributed by atoms with E-state index < -0.39 is 21.9 Å². The van der Waals surface area contributed by atoms with Gasteiger partial charge in [-0.25, -0.2) is 8.42 Å². The van der Waals surface area contributed by atoms with Crippen molar-refractivity contribution in [3.05, 3.63) is 29.8 Å². The summed E-state index contributed by atoms with van der Waals surface area (Å²) in [5.41, 5.74) is 0.248. The van der Waals surface area contributed by atoms with Crippen LogP contribution >= 0.6 is 0 Å². The highest BCUT2D eigenvalue weighted by atomic mass is 32.2. The van der Waals surface area contributed by atoms with E-state index in [1.54, 1.807) is 13.0 Å². The van der Waals surface area contributed by atoms with Crippen molar-refractivity contribution in [3.63, 3.8) is 0 Å². The fourth-order valence-corrected chi connectivity index (χ4v) is 4.82. The van der Waals surface area contributed by atoms with Crippen LogP contribution in [0.4, 0.5) is 0 Å². The van der Waals surface area contributed by atoms with Crippen molar-refractivity contribution in [1.82, 2.24) is 9.21 Å². The molecule has 1 N–H and O–H groups in total. The maximum absolute atomic E-state index is 12.7. The minimum atomic E-state index is -3.69. The topological polar surface area (TPSA) is 104 Å². The lowest BCUT2D eigenvalue weighted by Crippen LogP contribution is -2.40. The van der Waals surface area contributed by atoms with E-state index in [1.165, 1.54) is 27.4 Å². The number of likely N-dealkylation sites (tertiary alicyclic amines) is 1. The van der Waals surface area contributed by atoms with Gasteiger partial charge in [0.1, 0.15) is 0 Å². The molecule has 0 bridgehead atoms. The third-order valence-corrected chi connectivity index (χ3v) is 6.80. The highest BCUT2D eigenvalue weighted by Gasteiger charge is 2.37. The fraction of sp³-hybridized carbons (Fsp3) is 0.529. The van der Waals surface area contributed by atoms with Crippen molar-refractivity contribution < 1.29 is 27.9 Å². The standard InChI is InChI=1S/C17H22N2O6S/c1-12-10-18(11-15(12)17(21)22)16(20)13-3-2-4-14(9-13)26(23,24)19-5-7-25-8-6-19/h2-4,9,12,15H,5-8,10-11H2,1H3,(H,21,22)/t12-,15-/m1/s1. The van der Waals surface area contributed by atoms with Gasteiger partial charge in [0.05, 0.1) is 24.0 Å². The number of rotatable bonds is 4. The summed E-state index contributed by atoms with van der Waals surface area (Å²) in [5, 5.41) is 9.22. The van der Waals surface area contributed by atoms with Gasteiger partial charge < -0.3 is 14.7 Å². The second-order valence-electron chi connectivity index (χ2n) is 6.68. The van der Waals surface area contributed by atoms with Crippen LogP contribution in [0, 0.1) is 11.8 Å². The maximum atomic E-state index is 12.7. The number of nitrogens with zero attached hydrogens (tertiary/aromatic N) is 2. The zero-order chi connectivity index (χ0) is 18.9. The fourth-order valence-electron chi connectivity index (χ4n) is 3.36. The second-order valence-corrected chi connectivity index (χ2v) is 8.61. The van der Waals surface area contributed by atoms with Crippen LogP contribution in [-0.4, -0.2) is 74.0 Å². The molecule has 1 amide bonds. The summed E-state index contributed by atoms with van der Waals surface area (Å²) in [6, 6.07) is 5.92. The molecule has 8 nitrogen and oxygen atoms in total. The van der Waals surface area contributed by atoms with Gasteiger partial charge in [0.2, 0.25) is 10.0 Å². The molecule has 0 radical (unpaired) electrons. The van der Waals surface area contributed by atoms with Crippen LogP contribution < -0.4 is 0 Å². The Balaban J connectivity index is 1.81. The lowest BCUT2D eigenvalue weighted by molar-refractivity contribution is -0.142. The zero-order valence-electron chi connectivity index (χ0n) is 14.5. The number of sulfonamides is 1. The van der Waals surface area contributed by atoms with E-state index >= 15 is 0 Å². The Labute approximate surface area is 152 Å². The van der Waals surface area contributed by atoms with E-state index in [1.807, 2.05) is 0 Å². The Kier molecular flexibility index (Phi) is 5.31. The number of amides is 1. The molecule has 9 heteroatoms. The lowest BCUT2D eigenvalue weighted by atomic mass is 9.99. The van der Waals surface area contributed by atoms with Gasteiger partial charge in [0.15, 0.2) is 0 Å². The molecule has 0 spiro atoms. The van der Waals surface area contributed by atoms with Gasteiger partial charge in [0.25, 0.3) is 5.91 Å². The van der Waals surface area contributed by atoms with Crippen molar-refractivity contribution in [2.24, 2.45) is 11.8 Å². The minimum absolute atomic E-state index is 0.0623. The summed E-state index contributed by atoms with van der Waals surface area (Å²) in [4.78, 5) is 25.5. The number of carbonyl (C=O) groups excluding carboxylic acids is 1. The first kappa shape index (κ1) is 18.8. The van der Waals surface area contributed by atoms with Gasteiger partial charge in [-0.05, 0) is 24.1 Å². The molecule has 2 aliphatic heterocycles. The number of aliphatic carboxylic acids is 1. The SMILES string of the molecule is C[C@@H]1CN(C(=O)c2cccc(S(=O)(=O)N3CCOCC3)c2)C[C@H]1C(=O)O. The number of carboxylic acids is 1. The van der Waals surface area contributed by atoms with E-state index in [2.05, 4.69) is 0 Å². The van der Waals surface area contributed by atoms with Crippen LogP contribution in [0.1, 0.15) is 17.3 Å². The molecule has 2 atom stereocenters. The van der Waals surface area contributed by atoms with Crippen molar-refractivity contribution in [1.29, 1.82) is 0 Å². The Morgan fingerprint density at radius 3 is 2.50 bits per heavy atom. The number of benzene rings is 1. The zero-order valence-corrected chi connectivity index (χ0v) is 15.3. The first-order valence-electron chi connectivity index (χ1n) is 8.50. The minimum Gasteiger partial charge on any atom is -0.481 e. The number of morpholine rings is 1. The molecule has 142 valence electrons. The maximum Gasteiger partial charge on any atom is 0.308 e. The van der Waals surface area contributed by atoms with Gasteiger partial charge in [-0.1, -0.05) is 13.0 Å². The molecule has 0 aromatic heterocycles. The van der Waals surface area contributed by atoms with Gasteiger partial charge in [-0.2, -0.15) is 4.31 Å². The highest BCUT2D eigenvalue weighted by Crippen LogP contribution is 2.26. The Bertz CT molecular complexity index is 803. The molecule has 3 rings (SSSR count). The third kappa shape index (κ3) is 3.60. The summed E-state index contributed by atoms with van der Waals surface area (Å²) in [6.07, 6.45) is 0. The van der Waals surface area contributed by atoms with E-state index in [0.29, 0.717) is 19.8 Å². The van der Waals surface area contributed by atoms with E-state index in [0.717, 1.165) is 0 Å². The van der Waals surface area contributed by atoms with Crippen LogP contribution in [0.5, 0.6) is 0 Å². The van der Waals surface area contributed by atoms with Crippen LogP contribution in [0.2, 0.25) is 0 Å².